The van der Waals surface area contributed by atoms with Crippen LogP contribution in [0.4, 0.5) is 0 Å². The lowest BCUT2D eigenvalue weighted by molar-refractivity contribution is -0.134. The first kappa shape index (κ1) is 13.4. The highest BCUT2D eigenvalue weighted by atomic mass is 32.2. The smallest absolute Gasteiger partial charge is 0.240 e. The van der Waals surface area contributed by atoms with Crippen molar-refractivity contribution in [2.75, 3.05) is 18.8 Å². The minimum absolute atomic E-state index is 0.0243. The number of hydrogen-bond donors (Lipinski definition) is 0. The second-order valence-electron chi connectivity index (χ2n) is 4.54. The summed E-state index contributed by atoms with van der Waals surface area (Å²) < 4.78 is 0. The fourth-order valence-electron chi connectivity index (χ4n) is 1.85. The Morgan fingerprint density at radius 3 is 2.81 bits per heavy atom. The van der Waals surface area contributed by atoms with Crippen LogP contribution in [0.1, 0.15) is 27.2 Å². The van der Waals surface area contributed by atoms with Gasteiger partial charge in [-0.3, -0.25) is 4.79 Å². The number of nitriles is 1. The maximum Gasteiger partial charge on any atom is 0.240 e. The minimum atomic E-state index is -0.472. The number of nitrogens with zero attached hydrogens (tertiary/aromatic N) is 2. The Morgan fingerprint density at radius 2 is 2.31 bits per heavy atom. The average Bonchev–Trinajstić information content (AvgIpc) is 2.29. The Bertz CT molecular complexity index is 285. The number of hydrogen-bond acceptors (Lipinski definition) is 3. The average molecular weight is 240 g/mol. The number of carbonyl (C=O) groups excluding carboxylic acids is 1. The van der Waals surface area contributed by atoms with E-state index in [9.17, 15) is 4.79 Å². The second-order valence-corrected chi connectivity index (χ2v) is 5.94. The van der Waals surface area contributed by atoms with Crippen LogP contribution in [0.3, 0.4) is 0 Å². The molecular weight excluding hydrogens is 220 g/mol. The van der Waals surface area contributed by atoms with Crippen LogP contribution < -0.4 is 0 Å². The molecule has 0 aromatic carbocycles. The maximum absolute atomic E-state index is 12.1. The van der Waals surface area contributed by atoms with Crippen LogP contribution in [0.15, 0.2) is 0 Å². The van der Waals surface area contributed by atoms with E-state index in [1.807, 2.05) is 30.5 Å². The van der Waals surface area contributed by atoms with Crippen molar-refractivity contribution >= 4 is 17.7 Å². The van der Waals surface area contributed by atoms with Crippen molar-refractivity contribution in [2.45, 2.75) is 32.4 Å². The van der Waals surface area contributed by atoms with E-state index < -0.39 is 5.92 Å². The second kappa shape index (κ2) is 6.15. The van der Waals surface area contributed by atoms with Gasteiger partial charge in [-0.05, 0) is 12.3 Å². The summed E-state index contributed by atoms with van der Waals surface area (Å²) in [6.45, 7) is 7.62. The van der Waals surface area contributed by atoms with Gasteiger partial charge in [0.25, 0.3) is 0 Å². The van der Waals surface area contributed by atoms with Crippen LogP contribution in [0.25, 0.3) is 0 Å². The molecule has 4 heteroatoms. The van der Waals surface area contributed by atoms with Crippen molar-refractivity contribution < 1.29 is 4.79 Å². The predicted molar refractivity (Wildman–Crippen MR) is 67.1 cm³/mol. The lowest BCUT2D eigenvalue weighted by Crippen LogP contribution is -2.45. The molecule has 1 saturated heterocycles. The molecule has 1 heterocycles. The molecule has 0 aromatic rings. The van der Waals surface area contributed by atoms with Gasteiger partial charge in [0.1, 0.15) is 5.92 Å². The normalized spacial score (nSPS) is 22.9. The third kappa shape index (κ3) is 3.15. The van der Waals surface area contributed by atoms with Gasteiger partial charge < -0.3 is 4.90 Å². The molecule has 0 radical (unpaired) electrons. The number of amides is 1. The molecule has 0 N–H and O–H groups in total. The van der Waals surface area contributed by atoms with Crippen LogP contribution in [0.5, 0.6) is 0 Å². The molecule has 1 aliphatic rings. The van der Waals surface area contributed by atoms with Gasteiger partial charge in [0.05, 0.1) is 6.07 Å². The van der Waals surface area contributed by atoms with Crippen LogP contribution in [0.2, 0.25) is 0 Å². The summed E-state index contributed by atoms with van der Waals surface area (Å²) in [7, 11) is 0. The Hall–Kier alpha value is -0.690. The molecule has 1 amide bonds. The molecular formula is C12H20N2OS. The van der Waals surface area contributed by atoms with E-state index in [-0.39, 0.29) is 11.8 Å². The topological polar surface area (TPSA) is 44.1 Å². The quantitative estimate of drug-likeness (QED) is 0.759. The molecule has 0 spiro atoms. The third-order valence-electron chi connectivity index (χ3n) is 2.98. The van der Waals surface area contributed by atoms with Gasteiger partial charge in [-0.1, -0.05) is 20.8 Å². The number of rotatable bonds is 3. The zero-order valence-electron chi connectivity index (χ0n) is 10.3. The first-order valence-corrected chi connectivity index (χ1v) is 6.95. The zero-order valence-corrected chi connectivity index (χ0v) is 11.1. The SMILES string of the molecule is CCC1CN(C(=O)C(C#N)C(C)C)CCS1. The van der Waals surface area contributed by atoms with Gasteiger partial charge in [-0.2, -0.15) is 17.0 Å². The van der Waals surface area contributed by atoms with E-state index in [1.54, 1.807) is 0 Å². The van der Waals surface area contributed by atoms with E-state index in [0.717, 1.165) is 25.3 Å². The molecule has 0 aromatic heterocycles. The van der Waals surface area contributed by atoms with Crippen LogP contribution in [0, 0.1) is 23.2 Å². The Balaban J connectivity index is 2.63. The predicted octanol–water partition coefficient (Wildman–Crippen LogP) is 2.14. The first-order chi connectivity index (χ1) is 7.60. The highest BCUT2D eigenvalue weighted by Crippen LogP contribution is 2.23. The fraction of sp³-hybridized carbons (Fsp3) is 0.833. The number of carbonyl (C=O) groups is 1. The van der Waals surface area contributed by atoms with Crippen molar-refractivity contribution in [2.24, 2.45) is 11.8 Å². The van der Waals surface area contributed by atoms with Crippen molar-refractivity contribution in [1.82, 2.24) is 4.90 Å². The van der Waals surface area contributed by atoms with E-state index >= 15 is 0 Å². The Labute approximate surface area is 102 Å². The highest BCUT2D eigenvalue weighted by Gasteiger charge is 2.30. The molecule has 16 heavy (non-hydrogen) atoms. The summed E-state index contributed by atoms with van der Waals surface area (Å²) in [5.74, 6) is 0.657. The summed E-state index contributed by atoms with van der Waals surface area (Å²) in [5.41, 5.74) is 0. The van der Waals surface area contributed by atoms with Gasteiger partial charge in [-0.15, -0.1) is 0 Å². The van der Waals surface area contributed by atoms with Crippen molar-refractivity contribution in [3.63, 3.8) is 0 Å². The van der Waals surface area contributed by atoms with Crippen LogP contribution in [-0.2, 0) is 4.79 Å². The Morgan fingerprint density at radius 1 is 1.62 bits per heavy atom. The summed E-state index contributed by atoms with van der Waals surface area (Å²) in [6.07, 6.45) is 1.09. The highest BCUT2D eigenvalue weighted by molar-refractivity contribution is 8.00. The molecule has 3 nitrogen and oxygen atoms in total. The van der Waals surface area contributed by atoms with Gasteiger partial charge in [0.2, 0.25) is 5.91 Å². The molecule has 2 atom stereocenters. The zero-order chi connectivity index (χ0) is 12.1. The lowest BCUT2D eigenvalue weighted by Gasteiger charge is -2.33. The van der Waals surface area contributed by atoms with E-state index in [0.29, 0.717) is 5.25 Å². The van der Waals surface area contributed by atoms with E-state index in [4.69, 9.17) is 5.26 Å². The van der Waals surface area contributed by atoms with Crippen molar-refractivity contribution in [1.29, 1.82) is 5.26 Å². The Kier molecular flexibility index (Phi) is 5.14. The van der Waals surface area contributed by atoms with E-state index in [1.165, 1.54) is 0 Å². The number of thioether (sulfide) groups is 1. The van der Waals surface area contributed by atoms with E-state index in [2.05, 4.69) is 13.0 Å². The summed E-state index contributed by atoms with van der Waals surface area (Å²) in [6, 6.07) is 2.13. The molecule has 0 bridgehead atoms. The minimum Gasteiger partial charge on any atom is -0.340 e. The van der Waals surface area contributed by atoms with Crippen molar-refractivity contribution in [3.8, 4) is 6.07 Å². The summed E-state index contributed by atoms with van der Waals surface area (Å²) in [4.78, 5) is 14.0. The molecule has 0 saturated carbocycles. The summed E-state index contributed by atoms with van der Waals surface area (Å²) in [5, 5.41) is 9.56. The maximum atomic E-state index is 12.1. The standard InChI is InChI=1S/C12H20N2OS/c1-4-10-8-14(5-6-16-10)12(15)11(7-13)9(2)3/h9-11H,4-6,8H2,1-3H3. The van der Waals surface area contributed by atoms with Crippen molar-refractivity contribution in [3.05, 3.63) is 0 Å². The monoisotopic (exact) mass is 240 g/mol. The lowest BCUT2D eigenvalue weighted by atomic mass is 9.96. The largest absolute Gasteiger partial charge is 0.340 e. The van der Waals surface area contributed by atoms with Gasteiger partial charge in [0, 0.05) is 24.1 Å². The molecule has 90 valence electrons. The third-order valence-corrected chi connectivity index (χ3v) is 4.35. The summed E-state index contributed by atoms with van der Waals surface area (Å²) >= 11 is 1.94. The van der Waals surface area contributed by atoms with Crippen LogP contribution in [-0.4, -0.2) is 34.9 Å². The van der Waals surface area contributed by atoms with Gasteiger partial charge >= 0.3 is 0 Å². The van der Waals surface area contributed by atoms with Crippen LogP contribution >= 0.6 is 11.8 Å². The fourth-order valence-corrected chi connectivity index (χ4v) is 3.03. The molecule has 1 fully saturated rings. The van der Waals surface area contributed by atoms with Gasteiger partial charge in [-0.25, -0.2) is 0 Å². The molecule has 0 aliphatic carbocycles. The molecule has 1 rings (SSSR count). The first-order valence-electron chi connectivity index (χ1n) is 5.90. The molecule has 2 unspecified atom stereocenters. The molecule has 1 aliphatic heterocycles. The van der Waals surface area contributed by atoms with Gasteiger partial charge in [0.15, 0.2) is 0 Å².